The van der Waals surface area contributed by atoms with Crippen molar-refractivity contribution >= 4 is 18.7 Å². The van der Waals surface area contributed by atoms with Crippen LogP contribution in [0.2, 0.25) is 5.04 Å². The molecule has 0 aliphatic carbocycles. The second-order valence-electron chi connectivity index (χ2n) is 7.43. The lowest BCUT2D eigenvalue weighted by molar-refractivity contribution is 0.281. The maximum atomic E-state index is 6.85. The first-order valence-electron chi connectivity index (χ1n) is 8.69. The Bertz CT molecular complexity index is 767. The third-order valence-corrected chi connectivity index (χ3v) is 9.76. The molecule has 0 fully saturated rings. The van der Waals surface area contributed by atoms with Gasteiger partial charge in [0, 0.05) is 5.69 Å². The molecule has 1 aromatic heterocycles. The summed E-state index contributed by atoms with van der Waals surface area (Å²) in [6.07, 6.45) is 1.74. The molecule has 0 aliphatic heterocycles. The number of nitrogens with zero attached hydrogens (tertiary/aromatic N) is 1. The molecule has 25 heavy (non-hydrogen) atoms. The minimum Gasteiger partial charge on any atom is -0.401 e. The molecule has 0 saturated heterocycles. The number of hydrogen-bond acceptors (Lipinski definition) is 2. The lowest BCUT2D eigenvalue weighted by Crippen LogP contribution is -2.66. The van der Waals surface area contributed by atoms with Crippen LogP contribution in [0.3, 0.4) is 0 Å². The molecule has 0 saturated carbocycles. The summed E-state index contributed by atoms with van der Waals surface area (Å²) < 4.78 is 6.85. The number of imidazole rings is 1. The van der Waals surface area contributed by atoms with Gasteiger partial charge in [-0.2, -0.15) is 0 Å². The highest BCUT2D eigenvalue weighted by Gasteiger charge is 2.50. The number of nitrogens with one attached hydrogen (secondary N) is 1. The van der Waals surface area contributed by atoms with E-state index in [9.17, 15) is 0 Å². The number of aryl methyl sites for hydroxylation is 1. The molecule has 0 unspecified atom stereocenters. The summed E-state index contributed by atoms with van der Waals surface area (Å²) in [7, 11) is -2.48. The van der Waals surface area contributed by atoms with E-state index in [4.69, 9.17) is 4.43 Å². The predicted molar refractivity (Wildman–Crippen MR) is 106 cm³/mol. The number of aromatic nitrogens is 2. The molecule has 0 aliphatic rings. The van der Waals surface area contributed by atoms with Crippen LogP contribution in [0.5, 0.6) is 0 Å². The van der Waals surface area contributed by atoms with Crippen LogP contribution in [0.4, 0.5) is 0 Å². The molecule has 3 aromatic rings. The minimum absolute atomic E-state index is 0.0140. The van der Waals surface area contributed by atoms with E-state index in [0.717, 1.165) is 11.4 Å². The summed E-state index contributed by atoms with van der Waals surface area (Å²) >= 11 is 0. The zero-order chi connectivity index (χ0) is 17.9. The normalized spacial score (nSPS) is 12.3. The standard InChI is InChI=1S/C21H26N2OSi/c1-17-20(23-16-22-17)15-24-25(21(2,3)4,18-11-7-5-8-12-18)19-13-9-6-10-14-19/h5-14,16H,15H2,1-4H3,(H,22,23). The average Bonchev–Trinajstić information content (AvgIpc) is 3.01. The Hall–Kier alpha value is -2.17. The van der Waals surface area contributed by atoms with Crippen molar-refractivity contribution in [3.63, 3.8) is 0 Å². The Labute approximate surface area is 151 Å². The highest BCUT2D eigenvalue weighted by Crippen LogP contribution is 2.37. The Kier molecular flexibility index (Phi) is 4.93. The molecule has 0 atom stereocenters. The molecular weight excluding hydrogens is 324 g/mol. The number of aromatic amines is 1. The van der Waals surface area contributed by atoms with E-state index < -0.39 is 8.32 Å². The SMILES string of the molecule is Cc1[nH]cnc1CO[Si](c1ccccc1)(c1ccccc1)C(C)(C)C. The maximum Gasteiger partial charge on any atom is 0.261 e. The van der Waals surface area contributed by atoms with Crippen molar-refractivity contribution in [3.05, 3.63) is 78.4 Å². The zero-order valence-corrected chi connectivity index (χ0v) is 16.4. The molecule has 3 nitrogen and oxygen atoms in total. The molecule has 0 amide bonds. The summed E-state index contributed by atoms with van der Waals surface area (Å²) in [5, 5.41) is 2.57. The Morgan fingerprint density at radius 2 is 1.44 bits per heavy atom. The molecule has 0 bridgehead atoms. The Morgan fingerprint density at radius 1 is 0.920 bits per heavy atom. The summed E-state index contributed by atoms with van der Waals surface area (Å²) in [4.78, 5) is 7.58. The van der Waals surface area contributed by atoms with Crippen LogP contribution >= 0.6 is 0 Å². The lowest BCUT2D eigenvalue weighted by atomic mass is 10.2. The highest BCUT2D eigenvalue weighted by atomic mass is 28.4. The van der Waals surface area contributed by atoms with E-state index in [-0.39, 0.29) is 5.04 Å². The fraction of sp³-hybridized carbons (Fsp3) is 0.286. The van der Waals surface area contributed by atoms with Crippen LogP contribution in [0.25, 0.3) is 0 Å². The van der Waals surface area contributed by atoms with Gasteiger partial charge in [0.1, 0.15) is 0 Å². The van der Waals surface area contributed by atoms with Gasteiger partial charge >= 0.3 is 0 Å². The fourth-order valence-electron chi connectivity index (χ4n) is 3.47. The monoisotopic (exact) mass is 350 g/mol. The number of rotatable bonds is 5. The molecule has 1 N–H and O–H groups in total. The second kappa shape index (κ2) is 6.98. The van der Waals surface area contributed by atoms with Gasteiger partial charge in [-0.3, -0.25) is 0 Å². The summed E-state index contributed by atoms with van der Waals surface area (Å²) in [5.74, 6) is 0. The quantitative estimate of drug-likeness (QED) is 0.711. The van der Waals surface area contributed by atoms with E-state index in [2.05, 4.69) is 91.4 Å². The summed E-state index contributed by atoms with van der Waals surface area (Å²) in [6.45, 7) is 9.42. The highest BCUT2D eigenvalue weighted by molar-refractivity contribution is 6.99. The fourth-order valence-corrected chi connectivity index (χ4v) is 7.98. The predicted octanol–water partition coefficient (Wildman–Crippen LogP) is 3.79. The van der Waals surface area contributed by atoms with Crippen molar-refractivity contribution < 1.29 is 4.43 Å². The molecule has 2 aromatic carbocycles. The lowest BCUT2D eigenvalue weighted by Gasteiger charge is -2.43. The average molecular weight is 351 g/mol. The number of benzene rings is 2. The zero-order valence-electron chi connectivity index (χ0n) is 15.4. The first-order chi connectivity index (χ1) is 11.9. The van der Waals surface area contributed by atoms with E-state index in [0.29, 0.717) is 6.61 Å². The van der Waals surface area contributed by atoms with Gasteiger partial charge < -0.3 is 9.41 Å². The smallest absolute Gasteiger partial charge is 0.261 e. The molecular formula is C21H26N2OSi. The first-order valence-corrected chi connectivity index (χ1v) is 10.6. The van der Waals surface area contributed by atoms with Gasteiger partial charge in [0.05, 0.1) is 18.6 Å². The van der Waals surface area contributed by atoms with Crippen LogP contribution in [0, 0.1) is 6.92 Å². The molecule has 4 heteroatoms. The van der Waals surface area contributed by atoms with Gasteiger partial charge in [0.15, 0.2) is 0 Å². The maximum absolute atomic E-state index is 6.85. The number of H-pyrrole nitrogens is 1. The van der Waals surface area contributed by atoms with E-state index >= 15 is 0 Å². The van der Waals surface area contributed by atoms with Crippen molar-refractivity contribution in [1.82, 2.24) is 9.97 Å². The topological polar surface area (TPSA) is 37.9 Å². The van der Waals surface area contributed by atoms with Crippen LogP contribution < -0.4 is 10.4 Å². The van der Waals surface area contributed by atoms with Crippen LogP contribution in [-0.2, 0) is 11.0 Å². The van der Waals surface area contributed by atoms with Gasteiger partial charge in [0.2, 0.25) is 0 Å². The van der Waals surface area contributed by atoms with E-state index in [1.54, 1.807) is 6.33 Å². The number of hydrogen-bond donors (Lipinski definition) is 1. The Morgan fingerprint density at radius 3 is 1.84 bits per heavy atom. The van der Waals surface area contributed by atoms with Crippen molar-refractivity contribution in [1.29, 1.82) is 0 Å². The van der Waals surface area contributed by atoms with Crippen LogP contribution in [-0.4, -0.2) is 18.3 Å². The van der Waals surface area contributed by atoms with Gasteiger partial charge in [-0.1, -0.05) is 81.4 Å². The first kappa shape index (κ1) is 17.6. The van der Waals surface area contributed by atoms with E-state index in [1.807, 2.05) is 6.92 Å². The summed E-state index contributed by atoms with van der Waals surface area (Å²) in [6, 6.07) is 21.4. The van der Waals surface area contributed by atoms with Crippen LogP contribution in [0.1, 0.15) is 32.2 Å². The summed E-state index contributed by atoms with van der Waals surface area (Å²) in [5.41, 5.74) is 2.05. The van der Waals surface area contributed by atoms with E-state index in [1.165, 1.54) is 10.4 Å². The third kappa shape index (κ3) is 3.32. The Balaban J connectivity index is 2.13. The van der Waals surface area contributed by atoms with Gasteiger partial charge in [-0.05, 0) is 22.3 Å². The largest absolute Gasteiger partial charge is 0.401 e. The van der Waals surface area contributed by atoms with Gasteiger partial charge in [0.25, 0.3) is 8.32 Å². The van der Waals surface area contributed by atoms with Gasteiger partial charge in [-0.25, -0.2) is 4.98 Å². The molecule has 0 spiro atoms. The van der Waals surface area contributed by atoms with Crippen molar-refractivity contribution in [3.8, 4) is 0 Å². The van der Waals surface area contributed by atoms with Crippen LogP contribution in [0.15, 0.2) is 67.0 Å². The molecule has 3 rings (SSSR count). The van der Waals surface area contributed by atoms with Crippen molar-refractivity contribution in [2.24, 2.45) is 0 Å². The molecule has 1 heterocycles. The third-order valence-electron chi connectivity index (χ3n) is 4.78. The molecule has 130 valence electrons. The van der Waals surface area contributed by atoms with Crippen molar-refractivity contribution in [2.45, 2.75) is 39.3 Å². The second-order valence-corrected chi connectivity index (χ2v) is 11.7. The minimum atomic E-state index is -2.48. The molecule has 0 radical (unpaired) electrons. The van der Waals surface area contributed by atoms with Gasteiger partial charge in [-0.15, -0.1) is 0 Å². The van der Waals surface area contributed by atoms with Crippen molar-refractivity contribution in [2.75, 3.05) is 0 Å².